The maximum atomic E-state index is 2.36. The van der Waals surface area contributed by atoms with Gasteiger partial charge in [0.1, 0.15) is 0 Å². The van der Waals surface area contributed by atoms with Gasteiger partial charge in [0, 0.05) is 5.92 Å². The minimum atomic E-state index is 0. The molecule has 0 saturated carbocycles. The third kappa shape index (κ3) is 3.88. The van der Waals surface area contributed by atoms with Gasteiger partial charge in [-0.25, -0.2) is 0 Å². The van der Waals surface area contributed by atoms with Crippen molar-refractivity contribution < 1.29 is 51.0 Å². The molecule has 134 valence electrons. The van der Waals surface area contributed by atoms with Gasteiger partial charge in [0.15, 0.2) is 0 Å². The van der Waals surface area contributed by atoms with E-state index in [0.29, 0.717) is 5.92 Å². The van der Waals surface area contributed by atoms with Crippen molar-refractivity contribution in [3.63, 3.8) is 0 Å². The minimum absolute atomic E-state index is 0. The van der Waals surface area contributed by atoms with Gasteiger partial charge in [0.05, 0.1) is 0 Å². The summed E-state index contributed by atoms with van der Waals surface area (Å²) in [6, 6.07) is 22.4. The van der Waals surface area contributed by atoms with Crippen molar-refractivity contribution in [1.29, 1.82) is 0 Å². The average molecular weight is 471 g/mol. The van der Waals surface area contributed by atoms with Gasteiger partial charge in [-0.3, -0.25) is 0 Å². The first kappa shape index (κ1) is 22.2. The van der Waals surface area contributed by atoms with Gasteiger partial charge in [-0.1, -0.05) is 84.5 Å². The zero-order valence-corrected chi connectivity index (χ0v) is 18.9. The van der Waals surface area contributed by atoms with E-state index in [2.05, 4.69) is 78.9 Å². The van der Waals surface area contributed by atoms with Crippen LogP contribution < -0.4 is 24.8 Å². The molecule has 1 unspecified atom stereocenters. The van der Waals surface area contributed by atoms with Crippen LogP contribution in [0.2, 0.25) is 0 Å². The maximum Gasteiger partial charge on any atom is 2.00 e. The molecule has 0 radical (unpaired) electrons. The molecule has 1 atom stereocenters. The van der Waals surface area contributed by atoms with E-state index in [0.717, 1.165) is 6.42 Å². The van der Waals surface area contributed by atoms with E-state index in [1.807, 2.05) is 0 Å². The van der Waals surface area contributed by atoms with Gasteiger partial charge in [-0.05, 0) is 52.3 Å². The molecule has 0 spiro atoms. The van der Waals surface area contributed by atoms with Crippen molar-refractivity contribution in [2.75, 3.05) is 0 Å². The van der Waals surface area contributed by atoms with E-state index in [9.17, 15) is 0 Å². The monoisotopic (exact) mass is 468 g/mol. The van der Waals surface area contributed by atoms with E-state index >= 15 is 0 Å². The standard InChI is InChI=1S/C24H20.2ClH.Zr/c1-2-8-17(7-1)13-15-21-20-11-5-6-12-22(20)24-19-10-4-3-9-18(19)14-16-23(21)24;;;/h1-7,9-12,14,16,21H,8,13,15H2;2*1H;/q;;;+2/p-2. The third-order valence-electron chi connectivity index (χ3n) is 5.54. The Balaban J connectivity index is 0.000000871. The SMILES string of the molecule is C1=CCC(CCC2c3ccccc3-c3c2ccc2ccccc32)=C1.[Cl-].[Cl-].[Zr+2]. The van der Waals surface area contributed by atoms with Crippen LogP contribution in [0.4, 0.5) is 0 Å². The fraction of sp³-hybridized carbons (Fsp3) is 0.167. The minimum Gasteiger partial charge on any atom is -1.00 e. The fourth-order valence-corrected chi connectivity index (χ4v) is 4.39. The van der Waals surface area contributed by atoms with Gasteiger partial charge in [-0.2, -0.15) is 0 Å². The Morgan fingerprint density at radius 2 is 1.59 bits per heavy atom. The molecule has 0 amide bonds. The molecule has 0 N–H and O–H groups in total. The number of rotatable bonds is 3. The molecule has 3 aromatic carbocycles. The molecule has 0 saturated heterocycles. The first-order valence-corrected chi connectivity index (χ1v) is 8.87. The Bertz CT molecular complexity index is 1000. The van der Waals surface area contributed by atoms with E-state index in [4.69, 9.17) is 0 Å². The van der Waals surface area contributed by atoms with Crippen LogP contribution in [0.5, 0.6) is 0 Å². The molecule has 2 aliphatic rings. The van der Waals surface area contributed by atoms with Gasteiger partial charge >= 0.3 is 26.2 Å². The molecular weight excluding hydrogens is 450 g/mol. The molecule has 0 bridgehead atoms. The number of benzene rings is 3. The Labute approximate surface area is 192 Å². The van der Waals surface area contributed by atoms with Crippen LogP contribution in [0.15, 0.2) is 84.5 Å². The summed E-state index contributed by atoms with van der Waals surface area (Å²) in [5.74, 6) is 0.530. The van der Waals surface area contributed by atoms with Crippen LogP contribution in [-0.4, -0.2) is 0 Å². The fourth-order valence-electron chi connectivity index (χ4n) is 4.39. The van der Waals surface area contributed by atoms with Crippen molar-refractivity contribution in [3.8, 4) is 11.1 Å². The molecule has 2 aliphatic carbocycles. The molecular formula is C24H20Cl2Zr. The van der Waals surface area contributed by atoms with Gasteiger partial charge in [-0.15, -0.1) is 0 Å². The van der Waals surface area contributed by atoms with Crippen molar-refractivity contribution >= 4 is 10.8 Å². The van der Waals surface area contributed by atoms with E-state index in [-0.39, 0.29) is 51.0 Å². The Morgan fingerprint density at radius 1 is 0.815 bits per heavy atom. The van der Waals surface area contributed by atoms with E-state index in [1.165, 1.54) is 45.9 Å². The predicted octanol–water partition coefficient (Wildman–Crippen LogP) is 0.624. The van der Waals surface area contributed by atoms with Crippen LogP contribution >= 0.6 is 0 Å². The van der Waals surface area contributed by atoms with Gasteiger partial charge in [0.25, 0.3) is 0 Å². The molecule has 3 heteroatoms. The number of hydrogen-bond donors (Lipinski definition) is 0. The van der Waals surface area contributed by atoms with Crippen molar-refractivity contribution in [2.24, 2.45) is 0 Å². The van der Waals surface area contributed by atoms with Crippen molar-refractivity contribution in [3.05, 3.63) is 95.6 Å². The summed E-state index contributed by atoms with van der Waals surface area (Å²) in [7, 11) is 0. The zero-order valence-electron chi connectivity index (χ0n) is 15.0. The summed E-state index contributed by atoms with van der Waals surface area (Å²) in [6.07, 6.45) is 10.3. The zero-order chi connectivity index (χ0) is 15.9. The second-order valence-electron chi connectivity index (χ2n) is 6.89. The summed E-state index contributed by atoms with van der Waals surface area (Å²) in [6.45, 7) is 0. The molecule has 5 rings (SSSR count). The molecule has 0 heterocycles. The van der Waals surface area contributed by atoms with E-state index < -0.39 is 0 Å². The van der Waals surface area contributed by atoms with Crippen molar-refractivity contribution in [1.82, 2.24) is 0 Å². The van der Waals surface area contributed by atoms with Crippen LogP contribution in [0.3, 0.4) is 0 Å². The molecule has 0 fully saturated rings. The number of fused-ring (bicyclic) bond motifs is 5. The van der Waals surface area contributed by atoms with Crippen LogP contribution in [0, 0.1) is 0 Å². The predicted molar refractivity (Wildman–Crippen MR) is 102 cm³/mol. The molecule has 0 aromatic heterocycles. The largest absolute Gasteiger partial charge is 2.00 e. The van der Waals surface area contributed by atoms with Crippen LogP contribution in [0.25, 0.3) is 21.9 Å². The topological polar surface area (TPSA) is 0 Å². The Hall–Kier alpha value is -1.14. The van der Waals surface area contributed by atoms with Crippen LogP contribution in [0.1, 0.15) is 36.3 Å². The van der Waals surface area contributed by atoms with E-state index in [1.54, 1.807) is 5.57 Å². The number of hydrogen-bond acceptors (Lipinski definition) is 0. The summed E-state index contributed by atoms with van der Waals surface area (Å²) in [5.41, 5.74) is 7.50. The normalized spacial score (nSPS) is 15.9. The summed E-state index contributed by atoms with van der Waals surface area (Å²) in [4.78, 5) is 0. The summed E-state index contributed by atoms with van der Waals surface area (Å²) in [5, 5.41) is 2.74. The first-order chi connectivity index (χ1) is 11.9. The van der Waals surface area contributed by atoms with Crippen LogP contribution in [-0.2, 0) is 26.2 Å². The smallest absolute Gasteiger partial charge is 1.00 e. The molecule has 27 heavy (non-hydrogen) atoms. The molecule has 3 aromatic rings. The Kier molecular flexibility index (Phi) is 7.69. The first-order valence-electron chi connectivity index (χ1n) is 8.87. The Morgan fingerprint density at radius 3 is 2.41 bits per heavy atom. The molecule has 0 aliphatic heterocycles. The van der Waals surface area contributed by atoms with Gasteiger partial charge in [0.2, 0.25) is 0 Å². The maximum absolute atomic E-state index is 2.36. The summed E-state index contributed by atoms with van der Waals surface area (Å²) < 4.78 is 0. The summed E-state index contributed by atoms with van der Waals surface area (Å²) >= 11 is 0. The van der Waals surface area contributed by atoms with Gasteiger partial charge < -0.3 is 24.8 Å². The molecule has 0 nitrogen and oxygen atoms in total. The quantitative estimate of drug-likeness (QED) is 0.527. The van der Waals surface area contributed by atoms with Crippen molar-refractivity contribution in [2.45, 2.75) is 25.2 Å². The average Bonchev–Trinajstić information content (AvgIpc) is 3.26. The number of halogens is 2. The number of allylic oxidation sites excluding steroid dienone is 4. The third-order valence-corrected chi connectivity index (χ3v) is 5.54. The second kappa shape index (κ2) is 9.37. The second-order valence-corrected chi connectivity index (χ2v) is 6.89.